The fraction of sp³-hybridized carbons (Fsp3) is 0.520. The molecule has 1 aromatic carbocycles. The second-order valence-electron chi connectivity index (χ2n) is 9.88. The Labute approximate surface area is 204 Å². The van der Waals surface area contributed by atoms with Gasteiger partial charge in [0.2, 0.25) is 0 Å². The van der Waals surface area contributed by atoms with Gasteiger partial charge in [-0.2, -0.15) is 0 Å². The van der Waals surface area contributed by atoms with Crippen molar-refractivity contribution in [2.75, 3.05) is 11.9 Å². The van der Waals surface area contributed by atoms with Crippen LogP contribution in [0.25, 0.3) is 0 Å². The van der Waals surface area contributed by atoms with Crippen molar-refractivity contribution in [1.29, 1.82) is 0 Å². The molecule has 0 unspecified atom stereocenters. The quantitative estimate of drug-likeness (QED) is 0.652. The second kappa shape index (κ2) is 10.1. The molecule has 2 aromatic rings. The fourth-order valence-electron chi connectivity index (χ4n) is 4.19. The van der Waals surface area contributed by atoms with Gasteiger partial charge in [-0.3, -0.25) is 14.9 Å². The number of carbonyl (C=O) groups excluding carboxylic acids is 3. The van der Waals surface area contributed by atoms with E-state index >= 15 is 0 Å². The molecule has 3 amide bonds. The Bertz CT molecular complexity index is 1050. The minimum absolute atomic E-state index is 0.0963. The summed E-state index contributed by atoms with van der Waals surface area (Å²) in [6.45, 7) is 6.48. The SMILES string of the molecule is CC(C)(C)OC(=O)N1CCc2nc(NC(=O)c3ccc(C(=O)NC4CCCCC4)cc3)sc2C1. The van der Waals surface area contributed by atoms with Crippen molar-refractivity contribution >= 4 is 34.4 Å². The number of hydrogen-bond donors (Lipinski definition) is 2. The summed E-state index contributed by atoms with van der Waals surface area (Å²) < 4.78 is 5.46. The van der Waals surface area contributed by atoms with Crippen LogP contribution in [-0.4, -0.2) is 46.0 Å². The summed E-state index contributed by atoms with van der Waals surface area (Å²) in [5.74, 6) is -0.379. The summed E-state index contributed by atoms with van der Waals surface area (Å²) in [6.07, 6.45) is 5.88. The maximum Gasteiger partial charge on any atom is 0.410 e. The summed E-state index contributed by atoms with van der Waals surface area (Å²) in [7, 11) is 0. The molecule has 0 atom stereocenters. The third-order valence-electron chi connectivity index (χ3n) is 5.95. The highest BCUT2D eigenvalue weighted by Crippen LogP contribution is 2.29. The molecule has 8 nitrogen and oxygen atoms in total. The Kier molecular flexibility index (Phi) is 7.21. The average Bonchev–Trinajstić information content (AvgIpc) is 3.20. The van der Waals surface area contributed by atoms with Gasteiger partial charge >= 0.3 is 6.09 Å². The first kappa shape index (κ1) is 24.2. The fourth-order valence-corrected chi connectivity index (χ4v) is 5.21. The van der Waals surface area contributed by atoms with Crippen LogP contribution < -0.4 is 10.6 Å². The third kappa shape index (κ3) is 6.14. The number of anilines is 1. The molecular weight excluding hydrogens is 452 g/mol. The van der Waals surface area contributed by atoms with Crippen LogP contribution in [-0.2, 0) is 17.7 Å². The molecular formula is C25H32N4O4S. The van der Waals surface area contributed by atoms with Crippen LogP contribution in [0.1, 0.15) is 84.2 Å². The lowest BCUT2D eigenvalue weighted by atomic mass is 9.95. The number of aromatic nitrogens is 1. The summed E-state index contributed by atoms with van der Waals surface area (Å²) in [5.41, 5.74) is 1.36. The maximum absolute atomic E-state index is 12.7. The average molecular weight is 485 g/mol. The first-order valence-electron chi connectivity index (χ1n) is 11.9. The molecule has 1 aromatic heterocycles. The lowest BCUT2D eigenvalue weighted by molar-refractivity contribution is 0.0225. The van der Waals surface area contributed by atoms with Gasteiger partial charge in [-0.25, -0.2) is 9.78 Å². The Morgan fingerprint density at radius 2 is 1.68 bits per heavy atom. The molecule has 1 fully saturated rings. The number of hydrogen-bond acceptors (Lipinski definition) is 6. The number of fused-ring (bicyclic) bond motifs is 1. The maximum atomic E-state index is 12.7. The Morgan fingerprint density at radius 1 is 1.03 bits per heavy atom. The van der Waals surface area contributed by atoms with E-state index in [1.54, 1.807) is 29.2 Å². The molecule has 4 rings (SSSR count). The number of carbonyl (C=O) groups is 3. The predicted octanol–water partition coefficient (Wildman–Crippen LogP) is 4.75. The van der Waals surface area contributed by atoms with Crippen LogP contribution in [0.5, 0.6) is 0 Å². The molecule has 1 aliphatic carbocycles. The Hall–Kier alpha value is -2.94. The molecule has 2 N–H and O–H groups in total. The second-order valence-corrected chi connectivity index (χ2v) is 11.0. The predicted molar refractivity (Wildman–Crippen MR) is 131 cm³/mol. The van der Waals surface area contributed by atoms with E-state index in [2.05, 4.69) is 15.6 Å². The molecule has 1 saturated carbocycles. The van der Waals surface area contributed by atoms with Gasteiger partial charge in [0.25, 0.3) is 11.8 Å². The van der Waals surface area contributed by atoms with E-state index in [0.717, 1.165) is 36.3 Å². The van der Waals surface area contributed by atoms with Crippen LogP contribution >= 0.6 is 11.3 Å². The normalized spacial score (nSPS) is 16.5. The van der Waals surface area contributed by atoms with E-state index in [1.807, 2.05) is 20.8 Å². The number of nitrogens with zero attached hydrogens (tertiary/aromatic N) is 2. The highest BCUT2D eigenvalue weighted by Gasteiger charge is 2.28. The van der Waals surface area contributed by atoms with Crippen LogP contribution in [0.4, 0.5) is 9.93 Å². The lowest BCUT2D eigenvalue weighted by Crippen LogP contribution is -2.39. The summed E-state index contributed by atoms with van der Waals surface area (Å²) in [6, 6.07) is 6.91. The Balaban J connectivity index is 1.34. The monoisotopic (exact) mass is 484 g/mol. The number of nitrogens with one attached hydrogen (secondary N) is 2. The summed E-state index contributed by atoms with van der Waals surface area (Å²) >= 11 is 1.37. The zero-order chi connectivity index (χ0) is 24.3. The zero-order valence-corrected chi connectivity index (χ0v) is 20.8. The van der Waals surface area contributed by atoms with E-state index in [-0.39, 0.29) is 23.9 Å². The molecule has 2 heterocycles. The van der Waals surface area contributed by atoms with Crippen molar-refractivity contribution < 1.29 is 19.1 Å². The van der Waals surface area contributed by atoms with Crippen LogP contribution in [0.15, 0.2) is 24.3 Å². The van der Waals surface area contributed by atoms with Gasteiger partial charge in [-0.15, -0.1) is 0 Å². The van der Waals surface area contributed by atoms with Gasteiger partial charge in [0.15, 0.2) is 5.13 Å². The van der Waals surface area contributed by atoms with Crippen molar-refractivity contribution in [1.82, 2.24) is 15.2 Å². The molecule has 0 radical (unpaired) electrons. The minimum Gasteiger partial charge on any atom is -0.444 e. The van der Waals surface area contributed by atoms with Gasteiger partial charge in [-0.1, -0.05) is 30.6 Å². The number of benzene rings is 1. The van der Waals surface area contributed by atoms with Gasteiger partial charge < -0.3 is 15.0 Å². The highest BCUT2D eigenvalue weighted by atomic mass is 32.1. The molecule has 34 heavy (non-hydrogen) atoms. The largest absolute Gasteiger partial charge is 0.444 e. The van der Waals surface area contributed by atoms with Crippen LogP contribution in [0.2, 0.25) is 0 Å². The molecule has 0 spiro atoms. The number of amides is 3. The molecule has 1 aliphatic heterocycles. The van der Waals surface area contributed by atoms with Crippen molar-refractivity contribution in [2.45, 2.75) is 77.5 Å². The molecule has 182 valence electrons. The van der Waals surface area contributed by atoms with Crippen molar-refractivity contribution in [3.63, 3.8) is 0 Å². The van der Waals surface area contributed by atoms with Crippen molar-refractivity contribution in [2.24, 2.45) is 0 Å². The summed E-state index contributed by atoms with van der Waals surface area (Å²) in [4.78, 5) is 44.7. The van der Waals surface area contributed by atoms with Crippen molar-refractivity contribution in [3.05, 3.63) is 46.0 Å². The van der Waals surface area contributed by atoms with Crippen LogP contribution in [0.3, 0.4) is 0 Å². The van der Waals surface area contributed by atoms with Gasteiger partial charge in [0.05, 0.1) is 12.2 Å². The van der Waals surface area contributed by atoms with E-state index in [4.69, 9.17) is 4.74 Å². The van der Waals surface area contributed by atoms with E-state index in [0.29, 0.717) is 35.8 Å². The topological polar surface area (TPSA) is 101 Å². The lowest BCUT2D eigenvalue weighted by Gasteiger charge is -2.29. The first-order chi connectivity index (χ1) is 16.2. The first-order valence-corrected chi connectivity index (χ1v) is 12.7. The van der Waals surface area contributed by atoms with E-state index < -0.39 is 5.60 Å². The minimum atomic E-state index is -0.545. The Morgan fingerprint density at radius 3 is 2.32 bits per heavy atom. The van der Waals surface area contributed by atoms with Crippen molar-refractivity contribution in [3.8, 4) is 0 Å². The van der Waals surface area contributed by atoms with E-state index in [1.165, 1.54) is 17.8 Å². The number of thiazole rings is 1. The zero-order valence-electron chi connectivity index (χ0n) is 20.0. The van der Waals surface area contributed by atoms with Gasteiger partial charge in [0, 0.05) is 35.0 Å². The molecule has 0 saturated heterocycles. The summed E-state index contributed by atoms with van der Waals surface area (Å²) in [5, 5.41) is 6.44. The molecule has 2 aliphatic rings. The number of ether oxygens (including phenoxy) is 1. The smallest absolute Gasteiger partial charge is 0.410 e. The van der Waals surface area contributed by atoms with E-state index in [9.17, 15) is 14.4 Å². The molecule has 0 bridgehead atoms. The number of rotatable bonds is 4. The highest BCUT2D eigenvalue weighted by molar-refractivity contribution is 7.15. The third-order valence-corrected chi connectivity index (χ3v) is 6.95. The standard InChI is InChI=1S/C25H32N4O4S/c1-25(2,3)33-24(32)29-14-13-19-20(15-29)34-23(27-19)28-22(31)17-11-9-16(10-12-17)21(30)26-18-7-5-4-6-8-18/h9-12,18H,4-8,13-15H2,1-3H3,(H,26,30)(H,27,28,31). The molecule has 9 heteroatoms. The van der Waals surface area contributed by atoms with Crippen LogP contribution in [0, 0.1) is 0 Å². The van der Waals surface area contributed by atoms with Gasteiger partial charge in [0.1, 0.15) is 5.60 Å². The van der Waals surface area contributed by atoms with Gasteiger partial charge in [-0.05, 0) is 57.9 Å².